The van der Waals surface area contributed by atoms with Crippen molar-refractivity contribution < 1.29 is 60.5 Å². The van der Waals surface area contributed by atoms with Crippen LogP contribution in [-0.2, 0) is 28.6 Å². The molecule has 2 atom stereocenters. The molecule has 2 fully saturated rings. The predicted molar refractivity (Wildman–Crippen MR) is 198 cm³/mol. The molecule has 4 heterocycles. The highest BCUT2D eigenvalue weighted by Crippen LogP contribution is 2.34. The van der Waals surface area contributed by atoms with Crippen molar-refractivity contribution in [1.29, 1.82) is 0 Å². The van der Waals surface area contributed by atoms with E-state index in [4.69, 9.17) is 14.2 Å². The molecule has 2 aromatic rings. The average molecular weight is 803 g/mol. The van der Waals surface area contributed by atoms with Crippen LogP contribution in [0.5, 0.6) is 0 Å². The van der Waals surface area contributed by atoms with E-state index in [1.165, 1.54) is 58.6 Å². The number of carbonyl (C=O) groups excluding carboxylic acids is 6. The van der Waals surface area contributed by atoms with Crippen molar-refractivity contribution >= 4 is 58.5 Å². The smallest absolute Gasteiger partial charge is 0.414 e. The number of anilines is 4. The van der Waals surface area contributed by atoms with Gasteiger partial charge >= 0.3 is 18.3 Å². The lowest BCUT2D eigenvalue weighted by Crippen LogP contribution is -2.38. The van der Waals surface area contributed by atoms with Crippen LogP contribution in [0, 0.1) is 23.3 Å². The SMILES string of the molecule is CC(C)(C)OC(=O)NC[C@H]1CN(c2ccc(N3C=CC(=O)CC3)c(F)c2F)C(=O)O1.CCC(=O)NC[C@H]1CN(c2ccc(N3C=CC(=O)CC3)c(F)c2F)C(=O)O1. The van der Waals surface area contributed by atoms with E-state index in [1.807, 2.05) is 0 Å². The molecule has 0 aliphatic carbocycles. The number of hydrogen-bond acceptors (Lipinski definition) is 11. The summed E-state index contributed by atoms with van der Waals surface area (Å²) >= 11 is 0. The third kappa shape index (κ3) is 10.4. The first-order chi connectivity index (χ1) is 26.9. The number of rotatable bonds is 9. The maximum atomic E-state index is 14.7. The van der Waals surface area contributed by atoms with Crippen LogP contribution in [0.2, 0.25) is 0 Å². The number of ketones is 2. The lowest BCUT2D eigenvalue weighted by Gasteiger charge is -2.24. The summed E-state index contributed by atoms with van der Waals surface area (Å²) in [6, 6.07) is 5.27. The molecule has 0 unspecified atom stereocenters. The van der Waals surface area contributed by atoms with Gasteiger partial charge in [-0.3, -0.25) is 24.2 Å². The third-order valence-corrected chi connectivity index (χ3v) is 8.83. The molecule has 2 saturated heterocycles. The molecule has 0 aromatic heterocycles. The van der Waals surface area contributed by atoms with Gasteiger partial charge in [0.2, 0.25) is 5.91 Å². The third-order valence-electron chi connectivity index (χ3n) is 8.83. The Morgan fingerprint density at radius 2 is 1.11 bits per heavy atom. The summed E-state index contributed by atoms with van der Waals surface area (Å²) in [5.74, 6) is -4.97. The number of cyclic esters (lactones) is 2. The van der Waals surface area contributed by atoms with E-state index >= 15 is 0 Å². The molecule has 0 saturated carbocycles. The number of amides is 4. The molecular formula is C38H42F4N6O9. The quantitative estimate of drug-likeness (QED) is 0.252. The van der Waals surface area contributed by atoms with Crippen LogP contribution in [0.1, 0.15) is 47.0 Å². The van der Waals surface area contributed by atoms with Crippen LogP contribution in [0.25, 0.3) is 0 Å². The summed E-state index contributed by atoms with van der Waals surface area (Å²) in [5.41, 5.74) is -1.22. The number of allylic oxidation sites excluding steroid dienone is 2. The number of carbonyl (C=O) groups is 6. The Morgan fingerprint density at radius 3 is 1.49 bits per heavy atom. The van der Waals surface area contributed by atoms with Gasteiger partial charge in [-0.05, 0) is 57.2 Å². The summed E-state index contributed by atoms with van der Waals surface area (Å²) in [5, 5.41) is 5.08. The number of benzene rings is 2. The van der Waals surface area contributed by atoms with Crippen molar-refractivity contribution in [2.45, 2.75) is 64.8 Å². The van der Waals surface area contributed by atoms with E-state index in [0.29, 0.717) is 6.42 Å². The van der Waals surface area contributed by atoms with Crippen LogP contribution in [0.4, 0.5) is 54.7 Å². The monoisotopic (exact) mass is 802 g/mol. The molecule has 6 rings (SSSR count). The maximum Gasteiger partial charge on any atom is 0.414 e. The Morgan fingerprint density at radius 1 is 0.702 bits per heavy atom. The fraction of sp³-hybridized carbons (Fsp3) is 0.421. The van der Waals surface area contributed by atoms with Crippen molar-refractivity contribution in [3.8, 4) is 0 Å². The number of nitrogens with zero attached hydrogens (tertiary/aromatic N) is 4. The van der Waals surface area contributed by atoms with Gasteiger partial charge in [-0.15, -0.1) is 0 Å². The molecule has 15 nitrogen and oxygen atoms in total. The van der Waals surface area contributed by atoms with Crippen molar-refractivity contribution in [2.75, 3.05) is 58.9 Å². The molecule has 19 heteroatoms. The normalized spacial score (nSPS) is 19.3. The van der Waals surface area contributed by atoms with Gasteiger partial charge in [0.15, 0.2) is 34.8 Å². The summed E-state index contributed by atoms with van der Waals surface area (Å²) in [6.07, 6.45) is 2.39. The molecule has 57 heavy (non-hydrogen) atoms. The molecule has 306 valence electrons. The highest BCUT2D eigenvalue weighted by atomic mass is 19.2. The lowest BCUT2D eigenvalue weighted by atomic mass is 10.1. The first kappa shape index (κ1) is 42.0. The lowest BCUT2D eigenvalue weighted by molar-refractivity contribution is -0.121. The number of nitrogens with one attached hydrogen (secondary N) is 2. The van der Waals surface area contributed by atoms with E-state index in [-0.39, 0.29) is 92.3 Å². The summed E-state index contributed by atoms with van der Waals surface area (Å²) in [7, 11) is 0. The minimum Gasteiger partial charge on any atom is -0.444 e. The number of ether oxygens (including phenoxy) is 3. The van der Waals surface area contributed by atoms with E-state index in [0.717, 1.165) is 9.80 Å². The van der Waals surface area contributed by atoms with Gasteiger partial charge in [-0.2, -0.15) is 0 Å². The second kappa shape index (κ2) is 17.8. The maximum absolute atomic E-state index is 14.7. The fourth-order valence-corrected chi connectivity index (χ4v) is 5.96. The largest absolute Gasteiger partial charge is 0.444 e. The van der Waals surface area contributed by atoms with Gasteiger partial charge in [-0.1, -0.05) is 6.92 Å². The second-order valence-corrected chi connectivity index (χ2v) is 14.2. The minimum atomic E-state index is -1.20. The second-order valence-electron chi connectivity index (χ2n) is 14.2. The Balaban J connectivity index is 0.000000219. The van der Waals surface area contributed by atoms with Gasteiger partial charge in [0.05, 0.1) is 48.9 Å². The van der Waals surface area contributed by atoms with Gasteiger partial charge in [0.1, 0.15) is 17.8 Å². The van der Waals surface area contributed by atoms with Crippen molar-refractivity contribution in [2.24, 2.45) is 0 Å². The average Bonchev–Trinajstić information content (AvgIpc) is 3.73. The van der Waals surface area contributed by atoms with Gasteiger partial charge < -0.3 is 34.6 Å². The molecule has 0 bridgehead atoms. The number of halogens is 4. The molecule has 2 N–H and O–H groups in total. The molecule has 4 aliphatic heterocycles. The van der Waals surface area contributed by atoms with Gasteiger partial charge in [0, 0.05) is 44.8 Å². The minimum absolute atomic E-state index is 0.00332. The number of alkyl carbamates (subject to hydrolysis) is 1. The van der Waals surface area contributed by atoms with Crippen LogP contribution in [0.15, 0.2) is 48.8 Å². The van der Waals surface area contributed by atoms with Gasteiger partial charge in [-0.25, -0.2) is 31.9 Å². The van der Waals surface area contributed by atoms with E-state index in [2.05, 4.69) is 10.6 Å². The zero-order valence-electron chi connectivity index (χ0n) is 31.6. The highest BCUT2D eigenvalue weighted by molar-refractivity contribution is 5.93. The molecule has 2 aromatic carbocycles. The van der Waals surface area contributed by atoms with Crippen molar-refractivity contribution in [3.05, 3.63) is 72.1 Å². The molecule has 4 amide bonds. The summed E-state index contributed by atoms with van der Waals surface area (Å²) in [6.45, 7) is 7.29. The summed E-state index contributed by atoms with van der Waals surface area (Å²) < 4.78 is 73.8. The Labute approximate surface area is 325 Å². The Kier molecular flexibility index (Phi) is 13.1. The predicted octanol–water partition coefficient (Wildman–Crippen LogP) is 5.22. The molecular weight excluding hydrogens is 760 g/mol. The topological polar surface area (TPSA) is 167 Å². The molecule has 0 spiro atoms. The Bertz CT molecular complexity index is 1990. The first-order valence-electron chi connectivity index (χ1n) is 18.1. The fourth-order valence-electron chi connectivity index (χ4n) is 5.96. The van der Waals surface area contributed by atoms with Crippen LogP contribution in [0.3, 0.4) is 0 Å². The van der Waals surface area contributed by atoms with Crippen molar-refractivity contribution in [1.82, 2.24) is 10.6 Å². The van der Waals surface area contributed by atoms with E-state index < -0.39 is 59.4 Å². The summed E-state index contributed by atoms with van der Waals surface area (Å²) in [4.78, 5) is 74.6. The van der Waals surface area contributed by atoms with Crippen LogP contribution >= 0.6 is 0 Å². The first-order valence-corrected chi connectivity index (χ1v) is 18.1. The zero-order chi connectivity index (χ0) is 41.6. The number of hydrogen-bond donors (Lipinski definition) is 2. The highest BCUT2D eigenvalue weighted by Gasteiger charge is 2.37. The Hall–Kier alpha value is -6.14. The van der Waals surface area contributed by atoms with Crippen LogP contribution in [-0.4, -0.2) is 92.8 Å². The van der Waals surface area contributed by atoms with E-state index in [9.17, 15) is 46.3 Å². The zero-order valence-corrected chi connectivity index (χ0v) is 31.6. The van der Waals surface area contributed by atoms with E-state index in [1.54, 1.807) is 27.7 Å². The molecule has 0 radical (unpaired) electrons. The van der Waals surface area contributed by atoms with Gasteiger partial charge in [0.25, 0.3) is 0 Å². The van der Waals surface area contributed by atoms with Crippen molar-refractivity contribution in [3.63, 3.8) is 0 Å². The van der Waals surface area contributed by atoms with Crippen LogP contribution < -0.4 is 30.2 Å². The standard InChI is InChI=1S/C20H23F2N3O5.C18H19F2N3O4/c1-20(2,3)30-18(27)23-10-13-11-25(19(28)29-13)15-5-4-14(16(21)17(15)22)24-8-6-12(26)7-9-24;1-2-15(25)21-9-12-10-23(18(26)27-12)14-4-3-13(16(19)17(14)20)22-7-5-11(24)6-8-22/h4-6,8,13H,7,9-11H2,1-3H3,(H,23,27);3-5,7,12H,2,6,8-10H2,1H3,(H,21,25)/t13-;12-/m00/s1. The molecule has 4 aliphatic rings.